The highest BCUT2D eigenvalue weighted by Gasteiger charge is 2.15. The molecule has 2 heterocycles. The Labute approximate surface area is 166 Å². The van der Waals surface area contributed by atoms with E-state index < -0.39 is 5.91 Å². The fourth-order valence-corrected chi connectivity index (χ4v) is 3.23. The zero-order chi connectivity index (χ0) is 20.7. The van der Waals surface area contributed by atoms with Crippen molar-refractivity contribution in [1.82, 2.24) is 15.7 Å². The minimum atomic E-state index is -0.478. The lowest BCUT2D eigenvalue weighted by molar-refractivity contribution is -0.113. The third kappa shape index (κ3) is 5.58. The molecule has 0 aliphatic heterocycles. The molecule has 146 valence electrons. The fourth-order valence-electron chi connectivity index (χ4n) is 2.42. The average molecular weight is 399 g/mol. The predicted octanol–water partition coefficient (Wildman–Crippen LogP) is 2.00. The zero-order valence-corrected chi connectivity index (χ0v) is 16.6. The number of carbonyl (C=O) groups excluding carboxylic acids is 3. The number of nitrogens with two attached hydrogens (primary N) is 1. The summed E-state index contributed by atoms with van der Waals surface area (Å²) < 4.78 is 0. The molecule has 0 aliphatic carbocycles. The zero-order valence-electron chi connectivity index (χ0n) is 15.8. The van der Waals surface area contributed by atoms with Crippen LogP contribution in [0.2, 0.25) is 0 Å². The number of hydrazone groups is 1. The van der Waals surface area contributed by atoms with Crippen LogP contribution in [0.25, 0.3) is 0 Å². The van der Waals surface area contributed by atoms with Gasteiger partial charge in [-0.05, 0) is 44.5 Å². The van der Waals surface area contributed by atoms with Crippen LogP contribution in [0.1, 0.15) is 45.7 Å². The summed E-state index contributed by atoms with van der Waals surface area (Å²) in [5, 5.41) is 6.70. The highest BCUT2D eigenvalue weighted by Crippen LogP contribution is 2.16. The van der Waals surface area contributed by atoms with E-state index in [1.54, 1.807) is 44.4 Å². The number of hydrogen-bond acceptors (Lipinski definition) is 7. The molecule has 0 aliphatic rings. The molecule has 8 nitrogen and oxygen atoms in total. The molecule has 2 amide bonds. The molecule has 2 aromatic heterocycles. The van der Waals surface area contributed by atoms with Gasteiger partial charge in [-0.15, -0.1) is 11.3 Å². The van der Waals surface area contributed by atoms with Crippen molar-refractivity contribution in [3.05, 3.63) is 63.2 Å². The van der Waals surface area contributed by atoms with E-state index >= 15 is 0 Å². The van der Waals surface area contributed by atoms with Crippen molar-refractivity contribution in [3.63, 3.8) is 0 Å². The Morgan fingerprint density at radius 1 is 1.11 bits per heavy atom. The van der Waals surface area contributed by atoms with E-state index in [9.17, 15) is 14.4 Å². The van der Waals surface area contributed by atoms with Crippen LogP contribution in [0.3, 0.4) is 0 Å². The van der Waals surface area contributed by atoms with Crippen LogP contribution < -0.4 is 16.5 Å². The molecule has 4 N–H and O–H groups in total. The van der Waals surface area contributed by atoms with E-state index in [1.165, 1.54) is 6.92 Å². The number of amides is 2. The van der Waals surface area contributed by atoms with E-state index in [4.69, 9.17) is 5.73 Å². The number of thiophene rings is 1. The normalized spacial score (nSPS) is 12.2. The summed E-state index contributed by atoms with van der Waals surface area (Å²) in [6, 6.07) is 6.75. The number of pyridine rings is 1. The van der Waals surface area contributed by atoms with Crippen LogP contribution >= 0.6 is 11.3 Å². The van der Waals surface area contributed by atoms with E-state index in [1.807, 2.05) is 6.07 Å². The van der Waals surface area contributed by atoms with Crippen molar-refractivity contribution in [1.29, 1.82) is 0 Å². The molecule has 0 atom stereocenters. The van der Waals surface area contributed by atoms with Crippen molar-refractivity contribution in [2.75, 3.05) is 0 Å². The number of nitrogens with one attached hydrogen (secondary N) is 2. The first kappa shape index (κ1) is 21.0. The van der Waals surface area contributed by atoms with Crippen molar-refractivity contribution in [3.8, 4) is 0 Å². The van der Waals surface area contributed by atoms with Gasteiger partial charge in [0.15, 0.2) is 5.78 Å². The lowest BCUT2D eigenvalue weighted by Crippen LogP contribution is -2.22. The van der Waals surface area contributed by atoms with Crippen molar-refractivity contribution >= 4 is 34.6 Å². The quantitative estimate of drug-likeness (QED) is 0.373. The van der Waals surface area contributed by atoms with Crippen LogP contribution in [-0.2, 0) is 11.3 Å². The van der Waals surface area contributed by atoms with Gasteiger partial charge in [-0.25, -0.2) is 5.43 Å². The minimum absolute atomic E-state index is 0.237. The van der Waals surface area contributed by atoms with Crippen LogP contribution in [0.15, 0.2) is 53.0 Å². The second kappa shape index (κ2) is 9.56. The summed E-state index contributed by atoms with van der Waals surface area (Å²) in [5.74, 6) is -0.999. The summed E-state index contributed by atoms with van der Waals surface area (Å²) in [6.45, 7) is 4.89. The highest BCUT2D eigenvalue weighted by molar-refractivity contribution is 7.15. The Kier molecular flexibility index (Phi) is 7.16. The van der Waals surface area contributed by atoms with Crippen LogP contribution in [0.5, 0.6) is 0 Å². The fraction of sp³-hybridized carbons (Fsp3) is 0.211. The SMILES string of the molecule is CC(=O)C(C(C)=NNC(=O)c1ccc(C(=O)NCc2cccnc2)s1)=C(C)N. The maximum atomic E-state index is 12.2. The summed E-state index contributed by atoms with van der Waals surface area (Å²) in [7, 11) is 0. The minimum Gasteiger partial charge on any atom is -0.402 e. The molecule has 0 fully saturated rings. The van der Waals surface area contributed by atoms with Crippen LogP contribution in [0, 0.1) is 0 Å². The largest absolute Gasteiger partial charge is 0.402 e. The maximum absolute atomic E-state index is 12.2. The van der Waals surface area contributed by atoms with Crippen molar-refractivity contribution < 1.29 is 14.4 Å². The summed E-state index contributed by atoms with van der Waals surface area (Å²) in [6.07, 6.45) is 3.32. The van der Waals surface area contributed by atoms with Crippen molar-refractivity contribution in [2.24, 2.45) is 10.8 Å². The van der Waals surface area contributed by atoms with E-state index in [0.717, 1.165) is 16.9 Å². The Balaban J connectivity index is 2.00. The Bertz CT molecular complexity index is 943. The monoisotopic (exact) mass is 399 g/mol. The Morgan fingerprint density at radius 2 is 1.79 bits per heavy atom. The number of hydrogen-bond donors (Lipinski definition) is 3. The lowest BCUT2D eigenvalue weighted by atomic mass is 10.1. The molecule has 0 radical (unpaired) electrons. The second-order valence-corrected chi connectivity index (χ2v) is 7.04. The highest BCUT2D eigenvalue weighted by atomic mass is 32.1. The molecule has 0 saturated carbocycles. The molecule has 0 saturated heterocycles. The molecule has 0 unspecified atom stereocenters. The third-order valence-corrected chi connectivity index (χ3v) is 4.75. The van der Waals surface area contributed by atoms with Crippen LogP contribution in [0.4, 0.5) is 0 Å². The predicted molar refractivity (Wildman–Crippen MR) is 108 cm³/mol. The number of allylic oxidation sites excluding steroid dienone is 2. The summed E-state index contributed by atoms with van der Waals surface area (Å²) in [5.41, 5.74) is 9.84. The number of Topliss-reactive ketones (excluding diaryl/α,β-unsaturated/α-hetero) is 1. The summed E-state index contributed by atoms with van der Waals surface area (Å²) in [4.78, 5) is 40.8. The number of ketones is 1. The van der Waals surface area contributed by atoms with Gasteiger partial charge in [-0.2, -0.15) is 5.10 Å². The molecule has 0 bridgehead atoms. The standard InChI is InChI=1S/C19H21N5O3S/c1-11(20)17(13(3)25)12(2)23-24-19(27)16-7-6-15(28-16)18(26)22-10-14-5-4-8-21-9-14/h4-9H,10,20H2,1-3H3,(H,22,26)(H,24,27). The Morgan fingerprint density at radius 3 is 2.36 bits per heavy atom. The molecule has 0 spiro atoms. The van der Waals surface area contributed by atoms with Crippen LogP contribution in [-0.4, -0.2) is 28.3 Å². The number of rotatable bonds is 7. The molecule has 2 aromatic rings. The smallest absolute Gasteiger partial charge is 0.281 e. The van der Waals surface area contributed by atoms with Gasteiger partial charge in [0.2, 0.25) is 0 Å². The van der Waals surface area contributed by atoms with Gasteiger partial charge in [-0.1, -0.05) is 6.07 Å². The van der Waals surface area contributed by atoms with Gasteiger partial charge in [0, 0.05) is 24.6 Å². The summed E-state index contributed by atoms with van der Waals surface area (Å²) >= 11 is 1.04. The molecule has 2 rings (SSSR count). The first-order chi connectivity index (χ1) is 13.3. The van der Waals surface area contributed by atoms with Gasteiger partial charge in [-0.3, -0.25) is 19.4 Å². The number of nitrogens with zero attached hydrogens (tertiary/aromatic N) is 2. The first-order valence-electron chi connectivity index (χ1n) is 8.38. The van der Waals surface area contributed by atoms with Gasteiger partial charge in [0.1, 0.15) is 0 Å². The second-order valence-electron chi connectivity index (χ2n) is 5.96. The Hall–Kier alpha value is -3.33. The number of carbonyl (C=O) groups is 3. The van der Waals surface area contributed by atoms with E-state index in [-0.39, 0.29) is 17.3 Å². The molecule has 9 heteroatoms. The van der Waals surface area contributed by atoms with E-state index in [0.29, 0.717) is 27.7 Å². The molecule has 28 heavy (non-hydrogen) atoms. The number of aromatic nitrogens is 1. The van der Waals surface area contributed by atoms with Gasteiger partial charge < -0.3 is 11.1 Å². The topological polar surface area (TPSA) is 127 Å². The van der Waals surface area contributed by atoms with Gasteiger partial charge >= 0.3 is 0 Å². The molecular formula is C19H21N5O3S. The van der Waals surface area contributed by atoms with Gasteiger partial charge in [0.25, 0.3) is 11.8 Å². The van der Waals surface area contributed by atoms with Crippen molar-refractivity contribution in [2.45, 2.75) is 27.3 Å². The molecular weight excluding hydrogens is 378 g/mol. The van der Waals surface area contributed by atoms with E-state index in [2.05, 4.69) is 20.8 Å². The molecule has 0 aromatic carbocycles. The van der Waals surface area contributed by atoms with Gasteiger partial charge in [0.05, 0.1) is 21.0 Å². The third-order valence-electron chi connectivity index (χ3n) is 3.66. The first-order valence-corrected chi connectivity index (χ1v) is 9.20. The average Bonchev–Trinajstić information content (AvgIpc) is 3.15. The maximum Gasteiger partial charge on any atom is 0.281 e. The lowest BCUT2D eigenvalue weighted by Gasteiger charge is -2.06.